The van der Waals surface area contributed by atoms with Crippen LogP contribution in [0.4, 0.5) is 0 Å². The summed E-state index contributed by atoms with van der Waals surface area (Å²) in [5.74, 6) is 0. The Bertz CT molecular complexity index is 928. The molecule has 28 heavy (non-hydrogen) atoms. The van der Waals surface area contributed by atoms with Crippen LogP contribution >= 0.6 is 23.2 Å². The number of hydrogen-bond acceptors (Lipinski definition) is 4. The van der Waals surface area contributed by atoms with E-state index >= 15 is 0 Å². The fraction of sp³-hybridized carbons (Fsp3) is 0.400. The van der Waals surface area contributed by atoms with E-state index in [-0.39, 0.29) is 14.9 Å². The minimum absolute atomic E-state index is 0.0462. The van der Waals surface area contributed by atoms with Crippen molar-refractivity contribution in [2.75, 3.05) is 26.2 Å². The van der Waals surface area contributed by atoms with Gasteiger partial charge in [0.1, 0.15) is 0 Å². The van der Waals surface area contributed by atoms with E-state index in [1.54, 1.807) is 0 Å². The molecule has 0 saturated heterocycles. The van der Waals surface area contributed by atoms with Gasteiger partial charge in [-0.1, -0.05) is 43.1 Å². The fourth-order valence-corrected chi connectivity index (χ4v) is 5.26. The van der Waals surface area contributed by atoms with E-state index in [1.165, 1.54) is 29.3 Å². The molecule has 2 N–H and O–H groups in total. The lowest BCUT2D eigenvalue weighted by Crippen LogP contribution is -2.24. The first-order valence-corrected chi connectivity index (χ1v) is 11.6. The summed E-state index contributed by atoms with van der Waals surface area (Å²) in [7, 11) is -3.76. The summed E-state index contributed by atoms with van der Waals surface area (Å²) in [4.78, 5) is 2.45. The van der Waals surface area contributed by atoms with E-state index in [9.17, 15) is 8.42 Å². The molecule has 5 nitrogen and oxygen atoms in total. The molecule has 1 aromatic rings. The summed E-state index contributed by atoms with van der Waals surface area (Å²) < 4.78 is 28.0. The van der Waals surface area contributed by atoms with Crippen LogP contribution in [-0.2, 0) is 10.0 Å². The number of hydrogen-bond donors (Lipinski definition) is 2. The van der Waals surface area contributed by atoms with Gasteiger partial charge in [-0.3, -0.25) is 4.72 Å². The summed E-state index contributed by atoms with van der Waals surface area (Å²) in [5.41, 5.74) is 4.23. The maximum atomic E-state index is 12.7. The molecule has 1 aliphatic carbocycles. The van der Waals surface area contributed by atoms with Gasteiger partial charge in [-0.2, -0.15) is 0 Å². The van der Waals surface area contributed by atoms with Gasteiger partial charge in [0.2, 0.25) is 0 Å². The zero-order chi connectivity index (χ0) is 20.3. The largest absolute Gasteiger partial charge is 0.381 e. The van der Waals surface area contributed by atoms with Gasteiger partial charge in [-0.15, -0.1) is 0 Å². The van der Waals surface area contributed by atoms with Crippen molar-refractivity contribution in [3.05, 3.63) is 62.9 Å². The van der Waals surface area contributed by atoms with Crippen molar-refractivity contribution in [1.29, 1.82) is 0 Å². The molecule has 8 heteroatoms. The van der Waals surface area contributed by atoms with E-state index in [0.717, 1.165) is 38.3 Å². The number of benzene rings is 1. The van der Waals surface area contributed by atoms with E-state index in [4.69, 9.17) is 23.2 Å². The number of halogens is 2. The Hall–Kier alpha value is -1.47. The van der Waals surface area contributed by atoms with Crippen molar-refractivity contribution in [2.24, 2.45) is 0 Å². The molecule has 2 aliphatic rings. The Kier molecular flexibility index (Phi) is 6.76. The molecule has 1 aliphatic heterocycles. The highest BCUT2D eigenvalue weighted by molar-refractivity contribution is 7.89. The highest BCUT2D eigenvalue weighted by Crippen LogP contribution is 2.30. The maximum Gasteiger partial charge on any atom is 0.261 e. The molecule has 3 rings (SSSR count). The lowest BCUT2D eigenvalue weighted by molar-refractivity contribution is 0.307. The molecule has 1 aromatic carbocycles. The van der Waals surface area contributed by atoms with Crippen LogP contribution in [0, 0.1) is 0 Å². The summed E-state index contributed by atoms with van der Waals surface area (Å²) in [5, 5.41) is 3.96. The smallest absolute Gasteiger partial charge is 0.261 e. The first kappa shape index (κ1) is 21.2. The lowest BCUT2D eigenvalue weighted by atomic mass is 9.98. The second-order valence-electron chi connectivity index (χ2n) is 6.84. The summed E-state index contributed by atoms with van der Waals surface area (Å²) >= 11 is 11.9. The monoisotopic (exact) mass is 441 g/mol. The van der Waals surface area contributed by atoms with Crippen LogP contribution in [-0.4, -0.2) is 39.5 Å². The fourth-order valence-electron chi connectivity index (χ4n) is 3.47. The molecule has 1 heterocycles. The predicted octanol–water partition coefficient (Wildman–Crippen LogP) is 4.07. The third-order valence-corrected chi connectivity index (χ3v) is 6.89. The highest BCUT2D eigenvalue weighted by atomic mass is 35.5. The molecule has 0 fully saturated rings. The molecule has 0 bridgehead atoms. The van der Waals surface area contributed by atoms with Crippen molar-refractivity contribution in [3.8, 4) is 0 Å². The molecule has 0 saturated carbocycles. The number of fused-ring (bicyclic) bond motifs is 1. The van der Waals surface area contributed by atoms with Gasteiger partial charge in [-0.25, -0.2) is 8.42 Å². The van der Waals surface area contributed by atoms with Gasteiger partial charge in [0.25, 0.3) is 10.0 Å². The minimum Gasteiger partial charge on any atom is -0.381 e. The second kappa shape index (κ2) is 8.91. The number of rotatable bonds is 8. The Labute approximate surface area is 177 Å². The molecular formula is C20H25Cl2N3O2S. The molecule has 0 radical (unpaired) electrons. The SMILES string of the molecule is CCN(CC)CCC1=C2CC=C(NS(=O)(=O)c3cc(Cl)cc(Cl)c3)C=C2NC1. The van der Waals surface area contributed by atoms with Gasteiger partial charge < -0.3 is 10.2 Å². The summed E-state index contributed by atoms with van der Waals surface area (Å²) in [6.07, 6.45) is 5.50. The van der Waals surface area contributed by atoms with Crippen molar-refractivity contribution in [3.63, 3.8) is 0 Å². The van der Waals surface area contributed by atoms with E-state index in [2.05, 4.69) is 28.8 Å². The number of sulfonamides is 1. The Morgan fingerprint density at radius 1 is 1.14 bits per heavy atom. The normalized spacial score (nSPS) is 16.6. The van der Waals surface area contributed by atoms with Crippen molar-refractivity contribution >= 4 is 33.2 Å². The average molecular weight is 442 g/mol. The van der Waals surface area contributed by atoms with E-state index in [1.807, 2.05) is 12.2 Å². The topological polar surface area (TPSA) is 61.4 Å². The molecule has 0 amide bonds. The van der Waals surface area contributed by atoms with Crippen LogP contribution in [0.25, 0.3) is 0 Å². The van der Waals surface area contributed by atoms with Crippen molar-refractivity contribution < 1.29 is 8.42 Å². The number of nitrogens with one attached hydrogen (secondary N) is 2. The summed E-state index contributed by atoms with van der Waals surface area (Å²) in [6.45, 7) is 8.31. The predicted molar refractivity (Wildman–Crippen MR) is 115 cm³/mol. The first-order valence-electron chi connectivity index (χ1n) is 9.40. The number of allylic oxidation sites excluding steroid dienone is 3. The first-order chi connectivity index (χ1) is 13.3. The van der Waals surface area contributed by atoms with Crippen molar-refractivity contribution in [2.45, 2.75) is 31.6 Å². The molecule has 0 aromatic heterocycles. The average Bonchev–Trinajstić information content (AvgIpc) is 3.04. The zero-order valence-electron chi connectivity index (χ0n) is 16.1. The van der Waals surface area contributed by atoms with Crippen LogP contribution in [0.2, 0.25) is 10.0 Å². The molecule has 0 unspecified atom stereocenters. The third-order valence-electron chi connectivity index (χ3n) is 5.09. The molecule has 152 valence electrons. The Morgan fingerprint density at radius 2 is 1.82 bits per heavy atom. The van der Waals surface area contributed by atoms with Crippen LogP contribution < -0.4 is 10.0 Å². The highest BCUT2D eigenvalue weighted by Gasteiger charge is 2.24. The van der Waals surface area contributed by atoms with Crippen LogP contribution in [0.5, 0.6) is 0 Å². The van der Waals surface area contributed by atoms with Crippen LogP contribution in [0.1, 0.15) is 26.7 Å². The maximum absolute atomic E-state index is 12.7. The van der Waals surface area contributed by atoms with Gasteiger partial charge in [-0.05, 0) is 61.4 Å². The molecule has 0 spiro atoms. The van der Waals surface area contributed by atoms with Crippen LogP contribution in [0.3, 0.4) is 0 Å². The van der Waals surface area contributed by atoms with Gasteiger partial charge >= 0.3 is 0 Å². The lowest BCUT2D eigenvalue weighted by Gasteiger charge is -2.19. The molecular weight excluding hydrogens is 417 g/mol. The standard InChI is InChI=1S/C20H25Cl2N3O2S/c1-3-25(4-2)8-7-14-13-23-20-12-17(5-6-19(14)20)24-28(26,27)18-10-15(21)9-16(22)11-18/h5,9-12,23-24H,3-4,6-8,13H2,1-2H3. The zero-order valence-corrected chi connectivity index (χ0v) is 18.4. The van der Waals surface area contributed by atoms with Gasteiger partial charge in [0, 0.05) is 34.5 Å². The van der Waals surface area contributed by atoms with Gasteiger partial charge in [0.15, 0.2) is 0 Å². The van der Waals surface area contributed by atoms with Crippen LogP contribution in [0.15, 0.2) is 57.8 Å². The number of nitrogens with zero attached hydrogens (tertiary/aromatic N) is 1. The summed E-state index contributed by atoms with van der Waals surface area (Å²) in [6, 6.07) is 4.27. The minimum atomic E-state index is -3.76. The quantitative estimate of drug-likeness (QED) is 0.637. The van der Waals surface area contributed by atoms with Gasteiger partial charge in [0.05, 0.1) is 4.90 Å². The second-order valence-corrected chi connectivity index (χ2v) is 9.40. The Balaban J connectivity index is 1.72. The van der Waals surface area contributed by atoms with E-state index < -0.39 is 10.0 Å². The molecule has 0 atom stereocenters. The van der Waals surface area contributed by atoms with E-state index in [0.29, 0.717) is 12.1 Å². The Morgan fingerprint density at radius 3 is 2.46 bits per heavy atom. The van der Waals surface area contributed by atoms with Crippen molar-refractivity contribution in [1.82, 2.24) is 14.9 Å². The third kappa shape index (κ3) is 4.92.